The van der Waals surface area contributed by atoms with Gasteiger partial charge in [-0.05, 0) is 23.3 Å². The van der Waals surface area contributed by atoms with E-state index in [2.05, 4.69) is 27.5 Å². The van der Waals surface area contributed by atoms with Crippen molar-refractivity contribution < 1.29 is 4.74 Å². The average Bonchev–Trinajstić information content (AvgIpc) is 3.15. The van der Waals surface area contributed by atoms with E-state index < -0.39 is 0 Å². The molecule has 0 atom stereocenters. The van der Waals surface area contributed by atoms with Gasteiger partial charge in [0.15, 0.2) is 5.96 Å². The minimum absolute atomic E-state index is 0.381. The normalized spacial score (nSPS) is 11.5. The van der Waals surface area contributed by atoms with Crippen LogP contribution in [0.4, 0.5) is 5.69 Å². The Morgan fingerprint density at radius 3 is 2.81 bits per heavy atom. The van der Waals surface area contributed by atoms with Crippen LogP contribution in [0.5, 0.6) is 0 Å². The molecule has 0 amide bonds. The van der Waals surface area contributed by atoms with Crippen molar-refractivity contribution in [2.24, 2.45) is 10.7 Å². The first kappa shape index (κ1) is 17.7. The van der Waals surface area contributed by atoms with Crippen LogP contribution in [0.25, 0.3) is 0 Å². The summed E-state index contributed by atoms with van der Waals surface area (Å²) >= 11 is 0. The number of nitrogens with one attached hydrogen (secondary N) is 1. The van der Waals surface area contributed by atoms with Gasteiger partial charge in [0.05, 0.1) is 19.7 Å². The van der Waals surface area contributed by atoms with Crippen molar-refractivity contribution in [3.8, 4) is 0 Å². The zero-order valence-corrected chi connectivity index (χ0v) is 14.8. The lowest BCUT2D eigenvalue weighted by Crippen LogP contribution is -2.23. The Kier molecular flexibility index (Phi) is 6.01. The van der Waals surface area contributed by atoms with E-state index in [1.807, 2.05) is 53.3 Å². The van der Waals surface area contributed by atoms with Gasteiger partial charge in [0.25, 0.3) is 0 Å². The Morgan fingerprint density at radius 1 is 1.15 bits per heavy atom. The summed E-state index contributed by atoms with van der Waals surface area (Å²) < 4.78 is 7.10. The molecule has 0 radical (unpaired) electrons. The summed E-state index contributed by atoms with van der Waals surface area (Å²) in [6.07, 6.45) is 3.73. The zero-order chi connectivity index (χ0) is 18.2. The second-order valence-electron chi connectivity index (χ2n) is 5.94. The molecular weight excluding hydrogens is 326 g/mol. The van der Waals surface area contributed by atoms with Crippen LogP contribution < -0.4 is 11.1 Å². The Balaban J connectivity index is 1.64. The van der Waals surface area contributed by atoms with Crippen molar-refractivity contribution in [3.63, 3.8) is 0 Å². The number of hydrogen-bond acceptors (Lipinski definition) is 3. The van der Waals surface area contributed by atoms with E-state index >= 15 is 0 Å². The van der Waals surface area contributed by atoms with Gasteiger partial charge in [0.2, 0.25) is 0 Å². The number of nitrogens with zero attached hydrogens (tertiary/aromatic N) is 3. The van der Waals surface area contributed by atoms with Crippen molar-refractivity contribution in [1.82, 2.24) is 9.78 Å². The number of hydrogen-bond donors (Lipinski definition) is 2. The molecule has 2 aromatic carbocycles. The summed E-state index contributed by atoms with van der Waals surface area (Å²) in [6.45, 7) is 1.77. The number of ether oxygens (including phenoxy) is 1. The number of guanidine groups is 1. The number of anilines is 1. The van der Waals surface area contributed by atoms with Crippen LogP contribution in [-0.2, 0) is 24.4 Å². The van der Waals surface area contributed by atoms with Crippen molar-refractivity contribution in [2.75, 3.05) is 12.4 Å². The third-order valence-electron chi connectivity index (χ3n) is 3.91. The van der Waals surface area contributed by atoms with Gasteiger partial charge in [-0.25, -0.2) is 4.99 Å². The van der Waals surface area contributed by atoms with Crippen LogP contribution in [0.3, 0.4) is 0 Å². The van der Waals surface area contributed by atoms with E-state index in [0.29, 0.717) is 19.1 Å². The summed E-state index contributed by atoms with van der Waals surface area (Å²) in [5, 5.41) is 7.38. The molecule has 0 spiro atoms. The van der Waals surface area contributed by atoms with Gasteiger partial charge in [0, 0.05) is 30.8 Å². The molecule has 6 nitrogen and oxygen atoms in total. The molecule has 0 aliphatic carbocycles. The molecule has 3 N–H and O–H groups in total. The van der Waals surface area contributed by atoms with Crippen LogP contribution in [0.15, 0.2) is 72.0 Å². The largest absolute Gasteiger partial charge is 0.380 e. The summed E-state index contributed by atoms with van der Waals surface area (Å²) in [4.78, 5) is 4.45. The number of aliphatic imine (C=N–C) groups is 1. The molecular formula is C20H23N5O. The van der Waals surface area contributed by atoms with E-state index in [1.165, 1.54) is 5.56 Å². The molecule has 1 aromatic heterocycles. The molecule has 3 aromatic rings. The lowest BCUT2D eigenvalue weighted by molar-refractivity contribution is 0.185. The Morgan fingerprint density at radius 2 is 2.00 bits per heavy atom. The fourth-order valence-corrected chi connectivity index (χ4v) is 2.68. The quantitative estimate of drug-likeness (QED) is 0.508. The summed E-state index contributed by atoms with van der Waals surface area (Å²) in [7, 11) is 1.67. The Labute approximate surface area is 153 Å². The molecule has 0 unspecified atom stereocenters. The van der Waals surface area contributed by atoms with E-state index in [0.717, 1.165) is 23.4 Å². The molecule has 6 heteroatoms. The molecule has 0 aliphatic rings. The van der Waals surface area contributed by atoms with Crippen molar-refractivity contribution in [2.45, 2.75) is 19.7 Å². The number of nitrogens with two attached hydrogens (primary N) is 1. The van der Waals surface area contributed by atoms with Crippen LogP contribution in [0.2, 0.25) is 0 Å². The van der Waals surface area contributed by atoms with Gasteiger partial charge in [-0.15, -0.1) is 0 Å². The van der Waals surface area contributed by atoms with E-state index in [9.17, 15) is 0 Å². The number of methoxy groups -OCH3 is 1. The van der Waals surface area contributed by atoms with Gasteiger partial charge >= 0.3 is 0 Å². The van der Waals surface area contributed by atoms with Crippen molar-refractivity contribution >= 4 is 11.6 Å². The monoisotopic (exact) mass is 349 g/mol. The van der Waals surface area contributed by atoms with E-state index in [1.54, 1.807) is 13.3 Å². The molecule has 3 rings (SSSR count). The fourth-order valence-electron chi connectivity index (χ4n) is 2.68. The lowest BCUT2D eigenvalue weighted by Gasteiger charge is -2.11. The highest BCUT2D eigenvalue weighted by atomic mass is 16.5. The maximum Gasteiger partial charge on any atom is 0.193 e. The number of aromatic nitrogens is 2. The predicted octanol–water partition coefficient (Wildman–Crippen LogP) is 3.00. The average molecular weight is 349 g/mol. The molecule has 1 heterocycles. The highest BCUT2D eigenvalue weighted by Gasteiger charge is 2.03. The first-order chi connectivity index (χ1) is 12.7. The smallest absolute Gasteiger partial charge is 0.193 e. The number of benzene rings is 2. The van der Waals surface area contributed by atoms with Crippen molar-refractivity contribution in [1.29, 1.82) is 0 Å². The number of rotatable bonds is 7. The highest BCUT2D eigenvalue weighted by molar-refractivity contribution is 5.92. The molecule has 134 valence electrons. The maximum atomic E-state index is 6.05. The summed E-state index contributed by atoms with van der Waals surface area (Å²) in [5.74, 6) is 0.381. The molecule has 0 aliphatic heterocycles. The standard InChI is InChI=1S/C20H23N5O/c1-26-15-18-8-2-3-9-19(18)24-20(21)22-13-16-6-4-7-17(12-16)14-25-11-5-10-23-25/h2-12H,13-15H2,1H3,(H3,21,22,24). The van der Waals surface area contributed by atoms with Crippen LogP contribution in [-0.4, -0.2) is 22.8 Å². The van der Waals surface area contributed by atoms with Crippen LogP contribution >= 0.6 is 0 Å². The summed E-state index contributed by atoms with van der Waals surface area (Å²) in [6, 6.07) is 18.1. The number of para-hydroxylation sites is 1. The topological polar surface area (TPSA) is 77.5 Å². The van der Waals surface area contributed by atoms with E-state index in [4.69, 9.17) is 10.5 Å². The minimum Gasteiger partial charge on any atom is -0.380 e. The molecule has 0 fully saturated rings. The van der Waals surface area contributed by atoms with Gasteiger partial charge in [-0.1, -0.05) is 42.5 Å². The van der Waals surface area contributed by atoms with E-state index in [-0.39, 0.29) is 0 Å². The van der Waals surface area contributed by atoms with Gasteiger partial charge < -0.3 is 15.8 Å². The van der Waals surface area contributed by atoms with Crippen molar-refractivity contribution in [3.05, 3.63) is 83.7 Å². The third kappa shape index (κ3) is 4.94. The maximum absolute atomic E-state index is 6.05. The second kappa shape index (κ2) is 8.82. The van der Waals surface area contributed by atoms with Gasteiger partial charge in [-0.3, -0.25) is 4.68 Å². The van der Waals surface area contributed by atoms with Crippen LogP contribution in [0, 0.1) is 0 Å². The predicted molar refractivity (Wildman–Crippen MR) is 104 cm³/mol. The van der Waals surface area contributed by atoms with Gasteiger partial charge in [0.1, 0.15) is 0 Å². The Hall–Kier alpha value is -3.12. The van der Waals surface area contributed by atoms with Gasteiger partial charge in [-0.2, -0.15) is 5.10 Å². The lowest BCUT2D eigenvalue weighted by atomic mass is 10.1. The molecule has 0 bridgehead atoms. The SMILES string of the molecule is COCc1ccccc1NC(N)=NCc1cccc(Cn2cccn2)c1. The Bertz CT molecular complexity index is 858. The molecule has 0 saturated carbocycles. The molecule has 26 heavy (non-hydrogen) atoms. The third-order valence-corrected chi connectivity index (χ3v) is 3.91. The zero-order valence-electron chi connectivity index (χ0n) is 14.8. The highest BCUT2D eigenvalue weighted by Crippen LogP contribution is 2.15. The first-order valence-electron chi connectivity index (χ1n) is 8.43. The molecule has 0 saturated heterocycles. The fraction of sp³-hybridized carbons (Fsp3) is 0.200. The first-order valence-corrected chi connectivity index (χ1v) is 8.43. The minimum atomic E-state index is 0.381. The summed E-state index contributed by atoms with van der Waals surface area (Å²) in [5.41, 5.74) is 10.3. The second-order valence-corrected chi connectivity index (χ2v) is 5.94. The van der Waals surface area contributed by atoms with Crippen LogP contribution in [0.1, 0.15) is 16.7 Å².